The zero-order chi connectivity index (χ0) is 13.4. The molecule has 1 fully saturated rings. The summed E-state index contributed by atoms with van der Waals surface area (Å²) in [5.74, 6) is -2.27. The summed E-state index contributed by atoms with van der Waals surface area (Å²) in [5.41, 5.74) is 6.17. The molecule has 0 radical (unpaired) electrons. The van der Waals surface area contributed by atoms with E-state index in [0.29, 0.717) is 5.75 Å². The Morgan fingerprint density at radius 2 is 1.83 bits per heavy atom. The van der Waals surface area contributed by atoms with E-state index >= 15 is 0 Å². The summed E-state index contributed by atoms with van der Waals surface area (Å²) in [6.07, 6.45) is 0.0568. The highest BCUT2D eigenvalue weighted by molar-refractivity contribution is 5.44. The molecule has 0 saturated heterocycles. The number of alkyl halides is 2. The molecule has 0 aromatic heterocycles. The molecule has 0 spiro atoms. The number of phenols is 1. The van der Waals surface area contributed by atoms with Gasteiger partial charge in [0.05, 0.1) is 7.11 Å². The fourth-order valence-electron chi connectivity index (χ4n) is 2.34. The van der Waals surface area contributed by atoms with Crippen LogP contribution < -0.4 is 10.5 Å². The van der Waals surface area contributed by atoms with Crippen LogP contribution in [0, 0.1) is 0 Å². The smallest absolute Gasteiger partial charge is 0.248 e. The lowest BCUT2D eigenvalue weighted by Gasteiger charge is -2.37. The Kier molecular flexibility index (Phi) is 3.19. The second-order valence-corrected chi connectivity index (χ2v) is 4.90. The molecule has 1 aromatic carbocycles. The van der Waals surface area contributed by atoms with Crippen LogP contribution in [-0.4, -0.2) is 18.1 Å². The molecule has 2 rings (SSSR count). The van der Waals surface area contributed by atoms with Crippen molar-refractivity contribution in [1.29, 1.82) is 0 Å². The predicted octanol–water partition coefficient (Wildman–Crippen LogP) is 2.76. The zero-order valence-electron chi connectivity index (χ0n) is 10.2. The van der Waals surface area contributed by atoms with E-state index in [1.165, 1.54) is 13.2 Å². The second kappa shape index (κ2) is 4.39. The Balaban J connectivity index is 2.26. The van der Waals surface area contributed by atoms with E-state index in [1.54, 1.807) is 12.1 Å². The Labute approximate surface area is 105 Å². The molecule has 0 aliphatic heterocycles. The Morgan fingerprint density at radius 3 is 2.39 bits per heavy atom. The molecule has 1 aliphatic carbocycles. The maximum absolute atomic E-state index is 13.2. The summed E-state index contributed by atoms with van der Waals surface area (Å²) >= 11 is 0. The van der Waals surface area contributed by atoms with Crippen molar-refractivity contribution in [1.82, 2.24) is 0 Å². The van der Waals surface area contributed by atoms with Crippen molar-refractivity contribution in [2.24, 2.45) is 5.73 Å². The molecule has 0 atom stereocenters. The topological polar surface area (TPSA) is 55.5 Å². The van der Waals surface area contributed by atoms with Crippen LogP contribution in [0.4, 0.5) is 8.78 Å². The van der Waals surface area contributed by atoms with E-state index in [0.717, 1.165) is 5.56 Å². The average molecular weight is 257 g/mol. The summed E-state index contributed by atoms with van der Waals surface area (Å²) in [6.45, 7) is 0. The molecule has 100 valence electrons. The van der Waals surface area contributed by atoms with E-state index in [1.807, 2.05) is 0 Å². The Morgan fingerprint density at radius 1 is 1.22 bits per heavy atom. The quantitative estimate of drug-likeness (QED) is 0.856. The molecule has 0 unspecified atom stereocenters. The molecule has 0 bridgehead atoms. The monoisotopic (exact) mass is 257 g/mol. The van der Waals surface area contributed by atoms with Crippen LogP contribution in [0.3, 0.4) is 0 Å². The number of aromatic hydroxyl groups is 1. The fourth-order valence-corrected chi connectivity index (χ4v) is 2.34. The van der Waals surface area contributed by atoms with Gasteiger partial charge in [0.25, 0.3) is 0 Å². The van der Waals surface area contributed by atoms with Crippen LogP contribution >= 0.6 is 0 Å². The summed E-state index contributed by atoms with van der Waals surface area (Å²) in [6, 6.07) is 4.77. The number of hydrogen-bond donors (Lipinski definition) is 2. The highest BCUT2D eigenvalue weighted by atomic mass is 19.3. The van der Waals surface area contributed by atoms with Gasteiger partial charge in [0.15, 0.2) is 11.5 Å². The van der Waals surface area contributed by atoms with Crippen LogP contribution in [0.25, 0.3) is 0 Å². The summed E-state index contributed by atoms with van der Waals surface area (Å²) in [4.78, 5) is 0. The highest BCUT2D eigenvalue weighted by Crippen LogP contribution is 2.43. The van der Waals surface area contributed by atoms with Gasteiger partial charge in [0, 0.05) is 18.4 Å². The SMILES string of the molecule is COc1cc(C2(N)CCC(F)(F)CC2)ccc1O. The van der Waals surface area contributed by atoms with Gasteiger partial charge in [-0.05, 0) is 30.5 Å². The maximum atomic E-state index is 13.2. The van der Waals surface area contributed by atoms with Gasteiger partial charge in [0.1, 0.15) is 0 Å². The molecular formula is C13H17F2NO2. The van der Waals surface area contributed by atoms with Crippen molar-refractivity contribution in [2.75, 3.05) is 7.11 Å². The Bertz CT molecular complexity index is 439. The number of phenolic OH excluding ortho intramolecular Hbond substituents is 1. The van der Waals surface area contributed by atoms with Crippen molar-refractivity contribution in [2.45, 2.75) is 37.1 Å². The molecule has 1 aliphatic rings. The van der Waals surface area contributed by atoms with Gasteiger partial charge >= 0.3 is 0 Å². The number of benzene rings is 1. The van der Waals surface area contributed by atoms with Gasteiger partial charge in [-0.25, -0.2) is 8.78 Å². The first-order valence-corrected chi connectivity index (χ1v) is 5.90. The van der Waals surface area contributed by atoms with Gasteiger partial charge in [0.2, 0.25) is 5.92 Å². The van der Waals surface area contributed by atoms with Crippen molar-refractivity contribution < 1.29 is 18.6 Å². The van der Waals surface area contributed by atoms with Crippen molar-refractivity contribution in [3.8, 4) is 11.5 Å². The zero-order valence-corrected chi connectivity index (χ0v) is 10.2. The summed E-state index contributed by atoms with van der Waals surface area (Å²) < 4.78 is 31.3. The fraction of sp³-hybridized carbons (Fsp3) is 0.538. The molecule has 18 heavy (non-hydrogen) atoms. The molecule has 3 N–H and O–H groups in total. The highest BCUT2D eigenvalue weighted by Gasteiger charge is 2.42. The van der Waals surface area contributed by atoms with E-state index in [4.69, 9.17) is 10.5 Å². The first-order valence-electron chi connectivity index (χ1n) is 5.90. The predicted molar refractivity (Wildman–Crippen MR) is 63.9 cm³/mol. The normalized spacial score (nSPS) is 21.6. The minimum atomic E-state index is -2.61. The van der Waals surface area contributed by atoms with Gasteiger partial charge < -0.3 is 15.6 Å². The summed E-state index contributed by atoms with van der Waals surface area (Å²) in [5, 5.41) is 9.51. The first-order chi connectivity index (χ1) is 8.36. The number of methoxy groups -OCH3 is 1. The molecule has 0 amide bonds. The minimum absolute atomic E-state index is 0.0194. The summed E-state index contributed by atoms with van der Waals surface area (Å²) in [7, 11) is 1.44. The molecule has 1 saturated carbocycles. The average Bonchev–Trinajstić information content (AvgIpc) is 2.34. The molecule has 1 aromatic rings. The van der Waals surface area contributed by atoms with Crippen molar-refractivity contribution in [3.63, 3.8) is 0 Å². The molecule has 3 nitrogen and oxygen atoms in total. The number of rotatable bonds is 2. The lowest BCUT2D eigenvalue weighted by atomic mass is 9.76. The van der Waals surface area contributed by atoms with E-state index in [-0.39, 0.29) is 31.4 Å². The minimum Gasteiger partial charge on any atom is -0.504 e. The lowest BCUT2D eigenvalue weighted by Crippen LogP contribution is -2.43. The van der Waals surface area contributed by atoms with E-state index in [2.05, 4.69) is 0 Å². The third-order valence-corrected chi connectivity index (χ3v) is 3.63. The second-order valence-electron chi connectivity index (χ2n) is 4.90. The number of halogens is 2. The van der Waals surface area contributed by atoms with Crippen molar-refractivity contribution in [3.05, 3.63) is 23.8 Å². The van der Waals surface area contributed by atoms with Crippen LogP contribution in [0.15, 0.2) is 18.2 Å². The van der Waals surface area contributed by atoms with Crippen molar-refractivity contribution >= 4 is 0 Å². The first kappa shape index (κ1) is 13.1. The van der Waals surface area contributed by atoms with E-state index < -0.39 is 11.5 Å². The van der Waals surface area contributed by atoms with E-state index in [9.17, 15) is 13.9 Å². The largest absolute Gasteiger partial charge is 0.504 e. The lowest BCUT2D eigenvalue weighted by molar-refractivity contribution is -0.0514. The number of ether oxygens (including phenoxy) is 1. The number of nitrogens with two attached hydrogens (primary N) is 1. The molecule has 5 heteroatoms. The van der Waals surface area contributed by atoms with Crippen LogP contribution in [0.1, 0.15) is 31.2 Å². The Hall–Kier alpha value is -1.36. The molecule has 0 heterocycles. The van der Waals surface area contributed by atoms with Gasteiger partial charge in [-0.3, -0.25) is 0 Å². The van der Waals surface area contributed by atoms with Gasteiger partial charge in [-0.15, -0.1) is 0 Å². The van der Waals surface area contributed by atoms with Crippen LogP contribution in [0.2, 0.25) is 0 Å². The third-order valence-electron chi connectivity index (χ3n) is 3.63. The van der Waals surface area contributed by atoms with Crippen LogP contribution in [-0.2, 0) is 5.54 Å². The third kappa shape index (κ3) is 2.41. The maximum Gasteiger partial charge on any atom is 0.248 e. The standard InChI is InChI=1S/C13H17F2NO2/c1-18-11-8-9(2-3-10(11)17)12(16)4-6-13(14,15)7-5-12/h2-3,8,17H,4-7,16H2,1H3. The molecular weight excluding hydrogens is 240 g/mol. The van der Waals surface area contributed by atoms with Gasteiger partial charge in [-0.1, -0.05) is 6.07 Å². The van der Waals surface area contributed by atoms with Crippen LogP contribution in [0.5, 0.6) is 11.5 Å². The van der Waals surface area contributed by atoms with Gasteiger partial charge in [-0.2, -0.15) is 0 Å². The number of hydrogen-bond acceptors (Lipinski definition) is 3.